The van der Waals surface area contributed by atoms with E-state index in [1.165, 1.54) is 12.1 Å². The van der Waals surface area contributed by atoms with Crippen molar-refractivity contribution in [3.63, 3.8) is 0 Å². The van der Waals surface area contributed by atoms with E-state index in [-0.39, 0.29) is 62.8 Å². The van der Waals surface area contributed by atoms with Gasteiger partial charge in [-0.15, -0.1) is 0 Å². The summed E-state index contributed by atoms with van der Waals surface area (Å²) in [5, 5.41) is 28.6. The minimum atomic E-state index is -1.30. The number of carbonyl (C=O) groups excluding carboxylic acids is 5. The van der Waals surface area contributed by atoms with Crippen molar-refractivity contribution in [2.24, 2.45) is 0 Å². The van der Waals surface area contributed by atoms with Crippen molar-refractivity contribution < 1.29 is 57.9 Å². The largest absolute Gasteiger partial charge is 0.496 e. The number of nitrogens with one attached hydrogen (secondary N) is 3. The van der Waals surface area contributed by atoms with Gasteiger partial charge in [-0.25, -0.2) is 14.6 Å². The Balaban J connectivity index is 0.914. The number of benzene rings is 2. The van der Waals surface area contributed by atoms with Crippen molar-refractivity contribution in [1.29, 1.82) is 0 Å². The molecule has 0 aliphatic carbocycles. The van der Waals surface area contributed by atoms with Gasteiger partial charge in [0.25, 0.3) is 11.8 Å². The summed E-state index contributed by atoms with van der Waals surface area (Å²) < 4.78 is 25.1. The van der Waals surface area contributed by atoms with Gasteiger partial charge in [0, 0.05) is 102 Å². The number of nitrogen functional groups attached to an aromatic ring is 1. The first-order valence-corrected chi connectivity index (χ1v) is 23.4. The van der Waals surface area contributed by atoms with Gasteiger partial charge in [0.05, 0.1) is 31.0 Å². The van der Waals surface area contributed by atoms with Crippen molar-refractivity contribution in [2.45, 2.75) is 90.1 Å². The molecule has 22 nitrogen and oxygen atoms in total. The summed E-state index contributed by atoms with van der Waals surface area (Å²) in [6.45, 7) is 5.85. The summed E-state index contributed by atoms with van der Waals surface area (Å²) in [7, 11) is 1.65. The summed E-state index contributed by atoms with van der Waals surface area (Å²) in [4.78, 5) is 87.8. The zero-order valence-electron chi connectivity index (χ0n) is 39.3. The van der Waals surface area contributed by atoms with E-state index in [0.717, 1.165) is 70.8 Å². The second kappa shape index (κ2) is 23.8. The molecule has 3 atom stereocenters. The maximum Gasteiger partial charge on any atom is 0.410 e. The maximum absolute atomic E-state index is 13.3. The Hall–Kier alpha value is -7.30. The van der Waals surface area contributed by atoms with Crippen LogP contribution in [0, 0.1) is 0 Å². The number of nitrogens with two attached hydrogens (primary N) is 1. The fraction of sp³-hybridized carbons (Fsp3) is 0.458. The van der Waals surface area contributed by atoms with Gasteiger partial charge in [0.15, 0.2) is 11.9 Å². The van der Waals surface area contributed by atoms with Gasteiger partial charge < -0.3 is 60.3 Å². The standard InChI is InChI=1S/C48H60N10O12/c1-3-4-5-15-51-45-44-34(53-47(49)54-45)13-17-57(44)28-32-8-6-30(24-37(32)67-2)27-55-19-21-56(22-20-55)48(66)68-29-31-7-9-36(69-43-26-33(59)25-38(70-43)46(64)65)35(23-31)52-40(61)12-16-50-39(60)14-18-58-41(62)10-11-42(58)63/h6-11,13,17,23-24,33,38,43,59H,3-5,12,14-16,18-22,25-29H2,1-2H3,(H,50,60)(H,52,61)(H,64,65)(H3,49,51,53,54)/t33-,38-,43?/m1/s1. The molecule has 0 radical (unpaired) electrons. The van der Waals surface area contributed by atoms with Crippen molar-refractivity contribution in [3.05, 3.63) is 77.5 Å². The molecule has 2 fully saturated rings. The average Bonchev–Trinajstić information content (AvgIpc) is 3.89. The number of rotatable bonds is 22. The highest BCUT2D eigenvalue weighted by molar-refractivity contribution is 6.13. The summed E-state index contributed by atoms with van der Waals surface area (Å²) in [6.07, 6.45) is 3.03. The second-order valence-electron chi connectivity index (χ2n) is 17.2. The van der Waals surface area contributed by atoms with E-state index < -0.39 is 54.2 Å². The lowest BCUT2D eigenvalue weighted by molar-refractivity contribution is -0.195. The number of carboxylic acid groups (broad SMARTS) is 1. The molecule has 3 aliphatic rings. The highest BCUT2D eigenvalue weighted by Crippen LogP contribution is 2.32. The van der Waals surface area contributed by atoms with Gasteiger partial charge >= 0.3 is 12.1 Å². The molecule has 2 aromatic heterocycles. The fourth-order valence-electron chi connectivity index (χ4n) is 8.33. The molecule has 22 heteroatoms. The maximum atomic E-state index is 13.3. The lowest BCUT2D eigenvalue weighted by atomic mass is 10.1. The van der Waals surface area contributed by atoms with Crippen LogP contribution in [0.1, 0.15) is 68.6 Å². The number of aliphatic hydroxyl groups is 1. The molecule has 70 heavy (non-hydrogen) atoms. The van der Waals surface area contributed by atoms with Crippen LogP contribution in [0.2, 0.25) is 0 Å². The Morgan fingerprint density at radius 3 is 2.40 bits per heavy atom. The van der Waals surface area contributed by atoms with Gasteiger partial charge in [0.1, 0.15) is 23.6 Å². The number of methoxy groups -OCH3 is 1. The lowest BCUT2D eigenvalue weighted by Gasteiger charge is -2.34. The monoisotopic (exact) mass is 968 g/mol. The van der Waals surface area contributed by atoms with Gasteiger partial charge in [-0.1, -0.05) is 38.0 Å². The third-order valence-electron chi connectivity index (χ3n) is 12.0. The number of aliphatic hydroxyl groups excluding tert-OH is 1. The Morgan fingerprint density at radius 1 is 0.886 bits per heavy atom. The average molecular weight is 969 g/mol. The minimum absolute atomic E-state index is 0.0285. The zero-order chi connectivity index (χ0) is 49.7. The van der Waals surface area contributed by atoms with E-state index in [0.29, 0.717) is 50.6 Å². The van der Waals surface area contributed by atoms with Crippen LogP contribution in [0.25, 0.3) is 11.0 Å². The normalized spacial score (nSPS) is 18.2. The number of nitrogens with zero attached hydrogens (tertiary/aromatic N) is 6. The van der Waals surface area contributed by atoms with Crippen molar-refractivity contribution >= 4 is 64.2 Å². The Labute approximate surface area is 404 Å². The van der Waals surface area contributed by atoms with Crippen LogP contribution < -0.4 is 31.2 Å². The smallest absolute Gasteiger partial charge is 0.410 e. The zero-order valence-corrected chi connectivity index (χ0v) is 39.3. The third-order valence-corrected chi connectivity index (χ3v) is 12.0. The van der Waals surface area contributed by atoms with E-state index in [1.807, 2.05) is 18.3 Å². The Kier molecular flexibility index (Phi) is 17.2. The van der Waals surface area contributed by atoms with E-state index in [1.54, 1.807) is 18.1 Å². The number of hydrogen-bond donors (Lipinski definition) is 6. The van der Waals surface area contributed by atoms with Gasteiger partial charge in [0.2, 0.25) is 24.1 Å². The van der Waals surface area contributed by atoms with Crippen molar-refractivity contribution in [1.82, 2.24) is 34.6 Å². The van der Waals surface area contributed by atoms with E-state index in [4.69, 9.17) is 24.7 Å². The number of ether oxygens (including phenoxy) is 4. The first-order valence-electron chi connectivity index (χ1n) is 23.4. The van der Waals surface area contributed by atoms with Gasteiger partial charge in [-0.05, 0) is 41.8 Å². The molecular weight excluding hydrogens is 909 g/mol. The molecule has 1 unspecified atom stereocenters. The van der Waals surface area contributed by atoms with Crippen LogP contribution in [-0.2, 0) is 53.1 Å². The Morgan fingerprint density at radius 2 is 1.66 bits per heavy atom. The number of hydrogen-bond acceptors (Lipinski definition) is 16. The SMILES string of the molecule is CCCCCNc1nc(N)nc2ccn(Cc3ccc(CN4CCN(C(=O)OCc5ccc(OC6C[C@H](O)C[C@H](C(=O)O)O6)c(NC(=O)CCNC(=O)CCN6C(=O)C=CC6=O)c5)CC4)cc3OC)c12. The number of carboxylic acids is 1. The molecule has 2 aromatic carbocycles. The number of anilines is 3. The van der Waals surface area contributed by atoms with E-state index in [9.17, 15) is 39.0 Å². The molecule has 7 rings (SSSR count). The molecule has 0 bridgehead atoms. The summed E-state index contributed by atoms with van der Waals surface area (Å²) in [6, 6.07) is 12.8. The molecule has 2 saturated heterocycles. The van der Waals surface area contributed by atoms with Crippen LogP contribution >= 0.6 is 0 Å². The van der Waals surface area contributed by atoms with E-state index in [2.05, 4.69) is 54.4 Å². The van der Waals surface area contributed by atoms with Crippen LogP contribution in [0.15, 0.2) is 60.8 Å². The number of imide groups is 1. The number of carbonyl (C=O) groups is 6. The van der Waals surface area contributed by atoms with Crippen molar-refractivity contribution in [3.8, 4) is 11.5 Å². The highest BCUT2D eigenvalue weighted by atomic mass is 16.7. The number of unbranched alkanes of at least 4 members (excludes halogenated alkanes) is 2. The summed E-state index contributed by atoms with van der Waals surface area (Å²) in [5.74, 6) is -1.50. The van der Waals surface area contributed by atoms with Crippen LogP contribution in [0.4, 0.5) is 22.2 Å². The molecule has 374 valence electrons. The molecule has 0 spiro atoms. The molecule has 4 aromatic rings. The number of amides is 5. The molecule has 5 heterocycles. The number of fused-ring (bicyclic) bond motifs is 1. The van der Waals surface area contributed by atoms with E-state index >= 15 is 0 Å². The highest BCUT2D eigenvalue weighted by Gasteiger charge is 2.34. The van der Waals surface area contributed by atoms with Crippen LogP contribution in [-0.4, -0.2) is 147 Å². The van der Waals surface area contributed by atoms with Gasteiger partial charge in [-0.2, -0.15) is 4.98 Å². The lowest BCUT2D eigenvalue weighted by Crippen LogP contribution is -2.48. The number of piperazine rings is 1. The summed E-state index contributed by atoms with van der Waals surface area (Å²) in [5.41, 5.74) is 10.3. The third kappa shape index (κ3) is 13.5. The quantitative estimate of drug-likeness (QED) is 0.0487. The predicted molar refractivity (Wildman–Crippen MR) is 254 cm³/mol. The first kappa shape index (κ1) is 50.6. The summed E-state index contributed by atoms with van der Waals surface area (Å²) >= 11 is 0. The molecule has 5 amide bonds. The molecular formula is C48H60N10O12. The Bertz CT molecular complexity index is 2560. The molecule has 3 aliphatic heterocycles. The second-order valence-corrected chi connectivity index (χ2v) is 17.2. The first-order chi connectivity index (χ1) is 33.8. The van der Waals surface area contributed by atoms with Crippen LogP contribution in [0.3, 0.4) is 0 Å². The fourth-order valence-corrected chi connectivity index (χ4v) is 8.33. The molecule has 7 N–H and O–H groups in total. The predicted octanol–water partition coefficient (Wildman–Crippen LogP) is 3.22. The number of aromatic nitrogens is 3. The minimum Gasteiger partial charge on any atom is -0.496 e. The van der Waals surface area contributed by atoms with Crippen molar-refractivity contribution in [2.75, 3.05) is 69.3 Å². The van der Waals surface area contributed by atoms with Gasteiger partial charge in [-0.3, -0.25) is 29.0 Å². The number of aliphatic carboxylic acids is 1. The van der Waals surface area contributed by atoms with Crippen LogP contribution in [0.5, 0.6) is 11.5 Å². The molecule has 0 saturated carbocycles. The topological polar surface area (TPSA) is 282 Å².